The van der Waals surface area contributed by atoms with Gasteiger partial charge in [-0.15, -0.1) is 0 Å². The first kappa shape index (κ1) is 155. The van der Waals surface area contributed by atoms with Crippen LogP contribution in [0, 0.1) is 105 Å². The van der Waals surface area contributed by atoms with Gasteiger partial charge < -0.3 is 55.2 Å². The summed E-state index contributed by atoms with van der Waals surface area (Å²) in [5, 5.41) is 35.7. The summed E-state index contributed by atoms with van der Waals surface area (Å²) in [5.41, 5.74) is 11.4. The normalized spacial score (nSPS) is 15.5. The molecule has 804 valence electrons. The molecule has 0 amide bonds. The maximum Gasteiger partial charge on any atom is 0.0542 e. The summed E-state index contributed by atoms with van der Waals surface area (Å²) >= 11 is 0. The Labute approximate surface area is 829 Å². The summed E-state index contributed by atoms with van der Waals surface area (Å²) < 4.78 is 10.3. The van der Waals surface area contributed by atoms with E-state index in [2.05, 4.69) is 387 Å². The number of aliphatic hydroxyl groups excluding tert-OH is 4. The number of likely N-dealkylation sites (tertiary alicyclic amines) is 2. The molecular formula is C119H267N5O6. The Kier molecular flexibility index (Phi) is 99.2. The van der Waals surface area contributed by atoms with E-state index in [-0.39, 0.29) is 29.8 Å². The highest BCUT2D eigenvalue weighted by Crippen LogP contribution is 2.45. The van der Waals surface area contributed by atoms with Gasteiger partial charge in [0.05, 0.1) is 6.10 Å². The zero-order chi connectivity index (χ0) is 105. The van der Waals surface area contributed by atoms with E-state index in [0.29, 0.717) is 97.1 Å². The molecule has 6 N–H and O–H groups in total. The lowest BCUT2D eigenvalue weighted by molar-refractivity contribution is 0.109. The van der Waals surface area contributed by atoms with Crippen molar-refractivity contribution in [3.8, 4) is 0 Å². The Morgan fingerprint density at radius 1 is 0.362 bits per heavy atom. The molecule has 3 fully saturated rings. The van der Waals surface area contributed by atoms with Gasteiger partial charge in [0.2, 0.25) is 0 Å². The molecule has 1 saturated carbocycles. The van der Waals surface area contributed by atoms with Crippen molar-refractivity contribution in [2.45, 2.75) is 540 Å². The molecule has 0 spiro atoms. The summed E-state index contributed by atoms with van der Waals surface area (Å²) in [6.07, 6.45) is 33.9. The number of unbranched alkanes of at least 4 members (excludes halogenated alkanes) is 1. The predicted octanol–water partition coefficient (Wildman–Crippen LogP) is 35.0. The second-order valence-electron chi connectivity index (χ2n) is 55.7. The molecule has 11 heteroatoms. The minimum absolute atomic E-state index is 0. The maximum absolute atomic E-state index is 9.19. The van der Waals surface area contributed by atoms with Crippen LogP contribution >= 0.6 is 0 Å². The number of piperidine rings is 1. The van der Waals surface area contributed by atoms with Crippen molar-refractivity contribution in [1.29, 1.82) is 0 Å². The van der Waals surface area contributed by atoms with Crippen molar-refractivity contribution in [2.75, 3.05) is 133 Å². The molecule has 3 aliphatic rings. The molecule has 5 unspecified atom stereocenters. The SMILES string of the molecule is C.CC(C)(C)CCN.CC(C)(C)CCN1CCCC1.CC(C)(C)CCN1CCCCC1.CC(C1CC1)C(C)(C)C.CCC(CO)C(C)(C)C.CCC(CO)C(C)(C)C.CCC(O)CC(C)(C)C.CCCC(C)(C)C.CCCC(CCO)C(C)(C)C.CCCCC(C)(C)C.CCCOCCC(C)(C)C.CCN(C)CCC(C)(C)C.CN(C)CCC(C)(C)C.COCCC(C)(C)C. The quantitative estimate of drug-likeness (QED) is 0.0440. The molecule has 0 aromatic carbocycles. The number of rotatable bonds is 30. The number of ether oxygens (including phenoxy) is 2. The lowest BCUT2D eigenvalue weighted by Gasteiger charge is -2.29. The molecule has 2 heterocycles. The number of hydrogen-bond donors (Lipinski definition) is 5. The third-order valence-corrected chi connectivity index (χ3v) is 23.9. The number of hydrogen-bond acceptors (Lipinski definition) is 11. The molecule has 11 nitrogen and oxygen atoms in total. The molecule has 130 heavy (non-hydrogen) atoms. The van der Waals surface area contributed by atoms with Gasteiger partial charge in [0.1, 0.15) is 0 Å². The first-order valence-corrected chi connectivity index (χ1v) is 53.9. The topological polar surface area (TPSA) is 138 Å². The zero-order valence-corrected chi connectivity index (χ0v) is 101. The highest BCUT2D eigenvalue weighted by Gasteiger charge is 2.35. The van der Waals surface area contributed by atoms with E-state index >= 15 is 0 Å². The van der Waals surface area contributed by atoms with Crippen LogP contribution in [-0.2, 0) is 9.47 Å². The third kappa shape index (κ3) is 148. The molecule has 1 aliphatic carbocycles. The van der Waals surface area contributed by atoms with Crippen LogP contribution in [0.5, 0.6) is 0 Å². The summed E-state index contributed by atoms with van der Waals surface area (Å²) in [6.45, 7) is 130. The molecule has 0 bridgehead atoms. The van der Waals surface area contributed by atoms with Gasteiger partial charge in [-0.25, -0.2) is 0 Å². The third-order valence-electron chi connectivity index (χ3n) is 23.9. The Morgan fingerprint density at radius 2 is 0.700 bits per heavy atom. The van der Waals surface area contributed by atoms with E-state index in [4.69, 9.17) is 30.5 Å². The predicted molar refractivity (Wildman–Crippen MR) is 600 cm³/mol. The fourth-order valence-corrected chi connectivity index (χ4v) is 13.0. The van der Waals surface area contributed by atoms with E-state index in [1.165, 1.54) is 168 Å². The molecule has 0 aromatic rings. The van der Waals surface area contributed by atoms with Crippen LogP contribution in [0.1, 0.15) is 534 Å². The second-order valence-corrected chi connectivity index (χ2v) is 55.7. The minimum Gasteiger partial charge on any atom is -0.396 e. The van der Waals surface area contributed by atoms with Crippen molar-refractivity contribution >= 4 is 0 Å². The number of nitrogens with zero attached hydrogens (tertiary/aromatic N) is 4. The lowest BCUT2D eigenvalue weighted by atomic mass is 9.76. The van der Waals surface area contributed by atoms with E-state index in [1.807, 2.05) is 6.92 Å². The van der Waals surface area contributed by atoms with E-state index in [9.17, 15) is 5.11 Å². The van der Waals surface area contributed by atoms with Gasteiger partial charge >= 0.3 is 0 Å². The molecule has 0 aromatic heterocycles. The van der Waals surface area contributed by atoms with E-state index in [1.54, 1.807) is 7.11 Å². The fourth-order valence-electron chi connectivity index (χ4n) is 13.0. The summed E-state index contributed by atoms with van der Waals surface area (Å²) in [6, 6.07) is 0. The van der Waals surface area contributed by atoms with Crippen LogP contribution < -0.4 is 5.73 Å². The fraction of sp³-hybridized carbons (Fsp3) is 1.00. The molecule has 2 aliphatic heterocycles. The molecule has 2 saturated heterocycles. The van der Waals surface area contributed by atoms with E-state index < -0.39 is 0 Å². The van der Waals surface area contributed by atoms with Crippen LogP contribution in [0.25, 0.3) is 0 Å². The number of methoxy groups -OCH3 is 1. The van der Waals surface area contributed by atoms with Crippen LogP contribution in [0.4, 0.5) is 0 Å². The van der Waals surface area contributed by atoms with Crippen molar-refractivity contribution in [3.63, 3.8) is 0 Å². The van der Waals surface area contributed by atoms with Crippen LogP contribution in [0.2, 0.25) is 0 Å². The van der Waals surface area contributed by atoms with Crippen LogP contribution in [0.3, 0.4) is 0 Å². The average Bonchev–Trinajstić information content (AvgIpc) is 1.70. The Morgan fingerprint density at radius 3 is 0.869 bits per heavy atom. The smallest absolute Gasteiger partial charge is 0.0542 e. The lowest BCUT2D eigenvalue weighted by Crippen LogP contribution is -2.32. The molecular weight excluding hydrogens is 1600 g/mol. The van der Waals surface area contributed by atoms with Crippen molar-refractivity contribution in [2.24, 2.45) is 111 Å². The maximum atomic E-state index is 9.19. The Hall–Kier alpha value is -0.440. The monoisotopic (exact) mass is 1860 g/mol. The Balaban J connectivity index is -0.000000116. The number of nitrogens with two attached hydrogens (primary N) is 1. The van der Waals surface area contributed by atoms with Gasteiger partial charge in [-0.05, 0) is 314 Å². The standard InChI is InChI=1S/C11H23N.C10H21N.C10H22O.C9H21N.C9H20O.C9H18.C8H19N.3C8H18O.C8H18.C7H16O.C7H16.C6H15N.CH4/c1-11(2,3)7-10-12-8-5-4-6-9-12;1-10(2,3)6-9-11-7-4-5-8-11;1-5-6-9(7-8-11)10(2,3)4;1-6-10(5)8-7-9(2,3)4;1-5-7-10-8-6-9(2,3)4;1-7(8-5-6-8)9(2,3)4;1-8(2,3)6-7-9(4)5;2*1-5-7(6-9)8(2,3)4;1-5-7(9)6-8(2,3)4;1-5-6-7-8(2,3)4;1-7(2,3)5-6-8-4;1-5-6-7(2,3)4;1-6(2,3)4-5-7;/h4-10H2,1-3H3;4-9H2,1-3H3;9,11H,5-8H2,1-4H3;6-8H2,1-5H3;5-8H2,1-4H3;7-8H,5-6H2,1-4H3;6-7H2,1-5H3;3*7,9H,5-6H2,1-4H3;5-7H2,1-4H3;5-6H2,1-4H3;5-6H2,1-4H3;4-5,7H2,1-3H3;1H4. The second kappa shape index (κ2) is 83.2. The summed E-state index contributed by atoms with van der Waals surface area (Å²) in [5.74, 6) is 3.58. The van der Waals surface area contributed by atoms with Gasteiger partial charge in [-0.3, -0.25) is 0 Å². The molecule has 3 rings (SSSR count). The summed E-state index contributed by atoms with van der Waals surface area (Å²) in [4.78, 5) is 9.79. The Bertz CT molecular complexity index is 2150. The zero-order valence-electron chi connectivity index (χ0n) is 101. The number of aliphatic hydroxyl groups is 4. The minimum atomic E-state index is -0.106. The van der Waals surface area contributed by atoms with Gasteiger partial charge in [-0.2, -0.15) is 0 Å². The van der Waals surface area contributed by atoms with Gasteiger partial charge in [0, 0.05) is 46.8 Å². The first-order valence-electron chi connectivity index (χ1n) is 53.9. The summed E-state index contributed by atoms with van der Waals surface area (Å²) in [7, 11) is 8.15. The van der Waals surface area contributed by atoms with E-state index in [0.717, 1.165) is 103 Å². The van der Waals surface area contributed by atoms with Crippen molar-refractivity contribution in [1.82, 2.24) is 19.6 Å². The van der Waals surface area contributed by atoms with Crippen molar-refractivity contribution in [3.05, 3.63) is 0 Å². The van der Waals surface area contributed by atoms with Crippen LogP contribution in [0.15, 0.2) is 0 Å². The molecule has 0 radical (unpaired) electrons. The van der Waals surface area contributed by atoms with Crippen LogP contribution in [-0.4, -0.2) is 179 Å². The van der Waals surface area contributed by atoms with Crippen molar-refractivity contribution < 1.29 is 29.9 Å². The van der Waals surface area contributed by atoms with Gasteiger partial charge in [-0.1, -0.05) is 412 Å². The van der Waals surface area contributed by atoms with Gasteiger partial charge in [0.25, 0.3) is 0 Å². The van der Waals surface area contributed by atoms with Gasteiger partial charge in [0.15, 0.2) is 0 Å². The first-order chi connectivity index (χ1) is 57.9. The molecule has 5 atom stereocenters. The highest BCUT2D eigenvalue weighted by molar-refractivity contribution is 4.85. The highest BCUT2D eigenvalue weighted by atomic mass is 16.5. The largest absolute Gasteiger partial charge is 0.396 e. The average molecular weight is 1860 g/mol.